The van der Waals surface area contributed by atoms with E-state index in [0.717, 1.165) is 5.69 Å². The molecule has 0 radical (unpaired) electrons. The predicted octanol–water partition coefficient (Wildman–Crippen LogP) is 7.35. The number of fused-ring (bicyclic) bond motifs is 2. The zero-order chi connectivity index (χ0) is 21.8. The second kappa shape index (κ2) is 7.20. The van der Waals surface area contributed by atoms with Crippen LogP contribution in [-0.2, 0) is 5.41 Å². The zero-order valence-corrected chi connectivity index (χ0v) is 21.1. The van der Waals surface area contributed by atoms with Crippen molar-refractivity contribution in [1.29, 1.82) is 0 Å². The van der Waals surface area contributed by atoms with Gasteiger partial charge in [-0.15, -0.1) is 0 Å². The van der Waals surface area contributed by atoms with Crippen LogP contribution in [0.1, 0.15) is 31.9 Å². The number of aromatic nitrogens is 1. The van der Waals surface area contributed by atoms with Gasteiger partial charge in [0.05, 0.1) is 0 Å². The molecule has 0 saturated heterocycles. The Hall–Kier alpha value is -2.65. The molecule has 0 fully saturated rings. The van der Waals surface area contributed by atoms with Gasteiger partial charge in [-0.1, -0.05) is 6.07 Å². The molecule has 2 heterocycles. The third kappa shape index (κ3) is 3.66. The van der Waals surface area contributed by atoms with Gasteiger partial charge in [0.1, 0.15) is 0 Å². The molecule has 3 aromatic carbocycles. The number of hydrogen-bond donors (Lipinski definition) is 0. The second-order valence-electron chi connectivity index (χ2n) is 10.3. The van der Waals surface area contributed by atoms with Crippen molar-refractivity contribution in [3.05, 3.63) is 89.0 Å². The maximum absolute atomic E-state index is 4.76. The first-order valence-corrected chi connectivity index (χ1v) is 17.5. The van der Waals surface area contributed by atoms with E-state index < -0.39 is 13.3 Å². The summed E-state index contributed by atoms with van der Waals surface area (Å²) in [6.45, 7) is 6.85. The molecule has 1 nitrogen and oxygen atoms in total. The van der Waals surface area contributed by atoms with Gasteiger partial charge in [-0.25, -0.2) is 0 Å². The van der Waals surface area contributed by atoms with Gasteiger partial charge in [0.25, 0.3) is 0 Å². The predicted molar refractivity (Wildman–Crippen MR) is 137 cm³/mol. The minimum absolute atomic E-state index is 0.0671. The standard InChI is InChI=1S/C29H29GeN/c1-29(2,3)26-18-24(17-22-8-6-7-9-25(22)26)28-19-21(13-15-31-28)20-10-11-27-23(16-20)12-14-30(27,4)5/h6-19H,1-5H3. The molecule has 0 unspecified atom stereocenters. The minimum atomic E-state index is -1.92. The summed E-state index contributed by atoms with van der Waals surface area (Å²) in [4.78, 5) is 7.24. The van der Waals surface area contributed by atoms with E-state index in [9.17, 15) is 0 Å². The molecule has 0 bridgehead atoms. The molecule has 0 amide bonds. The fraction of sp³-hybridized carbons (Fsp3) is 0.207. The second-order valence-corrected chi connectivity index (χ2v) is 19.3. The molecule has 4 aromatic rings. The van der Waals surface area contributed by atoms with Gasteiger partial charge in [-0.2, -0.15) is 0 Å². The molecule has 154 valence electrons. The molecule has 0 saturated carbocycles. The van der Waals surface area contributed by atoms with Crippen molar-refractivity contribution in [2.45, 2.75) is 37.7 Å². The number of pyridine rings is 1. The molecule has 2 heteroatoms. The molecule has 0 aliphatic carbocycles. The number of hydrogen-bond acceptors (Lipinski definition) is 1. The van der Waals surface area contributed by atoms with Gasteiger partial charge < -0.3 is 0 Å². The van der Waals surface area contributed by atoms with E-state index in [-0.39, 0.29) is 5.41 Å². The van der Waals surface area contributed by atoms with Crippen LogP contribution >= 0.6 is 0 Å². The first kappa shape index (κ1) is 20.3. The van der Waals surface area contributed by atoms with Crippen molar-refractivity contribution in [2.24, 2.45) is 0 Å². The monoisotopic (exact) mass is 465 g/mol. The summed E-state index contributed by atoms with van der Waals surface area (Å²) >= 11 is -1.92. The van der Waals surface area contributed by atoms with Crippen molar-refractivity contribution in [3.8, 4) is 22.4 Å². The first-order valence-electron chi connectivity index (χ1n) is 11.1. The van der Waals surface area contributed by atoms with Gasteiger partial charge in [0.2, 0.25) is 0 Å². The van der Waals surface area contributed by atoms with E-state index in [0.29, 0.717) is 0 Å². The van der Waals surface area contributed by atoms with Crippen LogP contribution in [-0.4, -0.2) is 18.3 Å². The van der Waals surface area contributed by atoms with Crippen molar-refractivity contribution in [1.82, 2.24) is 4.98 Å². The average molecular weight is 464 g/mol. The van der Waals surface area contributed by atoms with Crippen LogP contribution in [0.2, 0.25) is 11.5 Å². The van der Waals surface area contributed by atoms with Crippen molar-refractivity contribution in [3.63, 3.8) is 0 Å². The van der Waals surface area contributed by atoms with Crippen LogP contribution in [0.5, 0.6) is 0 Å². The Labute approximate surface area is 188 Å². The van der Waals surface area contributed by atoms with Crippen LogP contribution in [0.15, 0.2) is 77.8 Å². The Balaban J connectivity index is 1.62. The molecule has 5 rings (SSSR count). The van der Waals surface area contributed by atoms with E-state index in [1.165, 1.54) is 38.6 Å². The Kier molecular flexibility index (Phi) is 4.71. The van der Waals surface area contributed by atoms with E-state index >= 15 is 0 Å². The summed E-state index contributed by atoms with van der Waals surface area (Å²) in [6, 6.07) is 24.7. The first-order chi connectivity index (χ1) is 14.7. The molecule has 0 N–H and O–H groups in total. The van der Waals surface area contributed by atoms with E-state index in [1.54, 1.807) is 4.40 Å². The molecule has 0 spiro atoms. The van der Waals surface area contributed by atoms with Crippen LogP contribution in [0.3, 0.4) is 0 Å². The van der Waals surface area contributed by atoms with Gasteiger partial charge in [-0.3, -0.25) is 0 Å². The van der Waals surface area contributed by atoms with E-state index in [1.807, 2.05) is 6.20 Å². The molecule has 0 atom stereocenters. The Morgan fingerprint density at radius 2 is 1.55 bits per heavy atom. The molecule has 31 heavy (non-hydrogen) atoms. The molecule has 1 aliphatic heterocycles. The Morgan fingerprint density at radius 3 is 2.35 bits per heavy atom. The van der Waals surface area contributed by atoms with Crippen LogP contribution in [0.25, 0.3) is 39.2 Å². The third-order valence-electron chi connectivity index (χ3n) is 6.48. The van der Waals surface area contributed by atoms with E-state index in [4.69, 9.17) is 4.98 Å². The average Bonchev–Trinajstić information content (AvgIpc) is 3.06. The van der Waals surface area contributed by atoms with E-state index in [2.05, 4.69) is 110 Å². The quantitative estimate of drug-likeness (QED) is 0.283. The summed E-state index contributed by atoms with van der Waals surface area (Å²) < 4.78 is 1.59. The SMILES string of the molecule is CC(C)(C)c1cc(-c2cc(-c3cc[c]4c(c3)C=[CH][Ge]4([CH3])[CH3])ccn2)cc2ccccc12. The van der Waals surface area contributed by atoms with Gasteiger partial charge in [0.15, 0.2) is 0 Å². The summed E-state index contributed by atoms with van der Waals surface area (Å²) in [5, 5.41) is 2.60. The number of nitrogens with zero attached hydrogens (tertiary/aromatic N) is 1. The van der Waals surface area contributed by atoms with Gasteiger partial charge >= 0.3 is 182 Å². The summed E-state index contributed by atoms with van der Waals surface area (Å²) in [6.07, 6.45) is 4.28. The third-order valence-corrected chi connectivity index (χ3v) is 12.5. The van der Waals surface area contributed by atoms with Crippen LogP contribution in [0, 0.1) is 0 Å². The summed E-state index contributed by atoms with van der Waals surface area (Å²) in [5.74, 6) is 4.91. The fourth-order valence-corrected chi connectivity index (χ4v) is 9.29. The van der Waals surface area contributed by atoms with Crippen molar-refractivity contribution >= 4 is 34.5 Å². The van der Waals surface area contributed by atoms with Gasteiger partial charge in [0, 0.05) is 0 Å². The number of rotatable bonds is 2. The number of benzene rings is 3. The van der Waals surface area contributed by atoms with Gasteiger partial charge in [-0.05, 0) is 0 Å². The molecule has 1 aromatic heterocycles. The van der Waals surface area contributed by atoms with Crippen LogP contribution in [0.4, 0.5) is 0 Å². The normalized spacial score (nSPS) is 14.7. The summed E-state index contributed by atoms with van der Waals surface area (Å²) in [7, 11) is 0. The van der Waals surface area contributed by atoms with Crippen LogP contribution < -0.4 is 4.40 Å². The molecular formula is C29H29GeN. The topological polar surface area (TPSA) is 12.9 Å². The molecular weight excluding hydrogens is 435 g/mol. The van der Waals surface area contributed by atoms with Crippen molar-refractivity contribution in [2.75, 3.05) is 0 Å². The summed E-state index contributed by atoms with van der Waals surface area (Å²) in [5.41, 5.74) is 7.54. The Bertz CT molecular complexity index is 1340. The van der Waals surface area contributed by atoms with Crippen molar-refractivity contribution < 1.29 is 0 Å². The Morgan fingerprint density at radius 1 is 0.774 bits per heavy atom. The maximum atomic E-state index is 4.76. The zero-order valence-electron chi connectivity index (χ0n) is 19.0. The fourth-order valence-electron chi connectivity index (χ4n) is 4.70. The molecule has 1 aliphatic rings.